The maximum Gasteiger partial charge on any atom is 0.201 e. The van der Waals surface area contributed by atoms with Crippen molar-refractivity contribution in [3.63, 3.8) is 0 Å². The summed E-state index contributed by atoms with van der Waals surface area (Å²) >= 11 is 0. The number of ether oxygens (including phenoxy) is 1. The normalized spacial score (nSPS) is 15.6. The molecule has 1 nitrogen and oxygen atoms in total. The summed E-state index contributed by atoms with van der Waals surface area (Å²) in [5.74, 6) is -3.47. The van der Waals surface area contributed by atoms with Crippen LogP contribution >= 0.6 is 0 Å². The van der Waals surface area contributed by atoms with Crippen LogP contribution in [0.1, 0.15) is 64.4 Å². The first kappa shape index (κ1) is 27.7. The molecule has 38 heavy (non-hydrogen) atoms. The topological polar surface area (TPSA) is 9.23 Å². The Labute approximate surface area is 222 Å². The zero-order valence-electron chi connectivity index (χ0n) is 22.0. The summed E-state index contributed by atoms with van der Waals surface area (Å²) in [6, 6.07) is 12.4. The Morgan fingerprint density at radius 1 is 0.763 bits per heavy atom. The van der Waals surface area contributed by atoms with E-state index in [0.29, 0.717) is 35.6 Å². The lowest BCUT2D eigenvalue weighted by Crippen LogP contribution is -2.05. The van der Waals surface area contributed by atoms with Gasteiger partial charge in [0, 0.05) is 16.7 Å². The number of allylic oxidation sites excluding steroid dienone is 4. The van der Waals surface area contributed by atoms with Gasteiger partial charge in [0.05, 0.1) is 6.61 Å². The molecular weight excluding hydrogens is 488 g/mol. The van der Waals surface area contributed by atoms with Gasteiger partial charge in [-0.25, -0.2) is 13.2 Å². The average molecular weight is 523 g/mol. The summed E-state index contributed by atoms with van der Waals surface area (Å²) in [5, 5.41) is 0. The molecule has 0 bridgehead atoms. The van der Waals surface area contributed by atoms with Gasteiger partial charge >= 0.3 is 0 Å². The number of unbranched alkanes of at least 4 members (excludes halogenated alkanes) is 3. The van der Waals surface area contributed by atoms with Crippen molar-refractivity contribution in [2.24, 2.45) is 5.92 Å². The third-order valence-electron chi connectivity index (χ3n) is 7.15. The third-order valence-corrected chi connectivity index (χ3v) is 7.15. The molecule has 0 amide bonds. The van der Waals surface area contributed by atoms with E-state index in [2.05, 4.69) is 13.0 Å². The Morgan fingerprint density at radius 3 is 1.97 bits per heavy atom. The van der Waals surface area contributed by atoms with Crippen LogP contribution in [0.5, 0.6) is 5.75 Å². The largest absolute Gasteiger partial charge is 0.490 e. The van der Waals surface area contributed by atoms with Gasteiger partial charge in [-0.2, -0.15) is 4.39 Å². The Hall–Kier alpha value is -3.34. The number of hydrogen-bond acceptors (Lipinski definition) is 1. The van der Waals surface area contributed by atoms with Gasteiger partial charge in [-0.15, -0.1) is 0 Å². The molecule has 0 saturated heterocycles. The van der Waals surface area contributed by atoms with E-state index in [9.17, 15) is 8.78 Å². The van der Waals surface area contributed by atoms with Crippen LogP contribution in [0.2, 0.25) is 0 Å². The molecular formula is C33H34F4O. The fraction of sp³-hybridized carbons (Fsp3) is 0.333. The van der Waals surface area contributed by atoms with Crippen molar-refractivity contribution < 1.29 is 22.3 Å². The molecule has 5 heteroatoms. The molecule has 1 aliphatic rings. The minimum absolute atomic E-state index is 0.0786. The fourth-order valence-corrected chi connectivity index (χ4v) is 4.97. The highest BCUT2D eigenvalue weighted by molar-refractivity contribution is 5.74. The number of rotatable bonds is 10. The molecule has 3 aromatic rings. The first-order valence-electron chi connectivity index (χ1n) is 13.5. The SMILES string of the molecule is C/C=C/C1CC=C(c2ccc(-c3ccc(-c4ccc(OCCCCCC)c(F)c4F)cc3)c(F)c2F)CC1. The average Bonchev–Trinajstić information content (AvgIpc) is 2.93. The lowest BCUT2D eigenvalue weighted by atomic mass is 9.85. The molecule has 0 aromatic heterocycles. The van der Waals surface area contributed by atoms with Crippen molar-refractivity contribution in [2.45, 2.75) is 58.8 Å². The number of halogens is 4. The standard InChI is InChI=1S/C33H34F4O/c1-3-5-6-7-21-38-29-20-19-28(32(36)33(29)37)25-15-13-24(14-16-25)27-18-17-26(30(34)31(27)35)23-11-9-22(8-4-2)10-12-23/h4,8,11,13-20,22H,3,5-7,9-10,12,21H2,1-2H3/b8-4+. The van der Waals surface area contributed by atoms with E-state index < -0.39 is 23.3 Å². The van der Waals surface area contributed by atoms with Crippen LogP contribution in [0.15, 0.2) is 66.8 Å². The minimum Gasteiger partial charge on any atom is -0.490 e. The number of benzene rings is 3. The van der Waals surface area contributed by atoms with E-state index in [4.69, 9.17) is 4.74 Å². The van der Waals surface area contributed by atoms with Crippen LogP contribution < -0.4 is 4.74 Å². The third kappa shape index (κ3) is 6.20. The Kier molecular flexibility index (Phi) is 9.43. The first-order valence-corrected chi connectivity index (χ1v) is 13.5. The first-order chi connectivity index (χ1) is 18.4. The summed E-state index contributed by atoms with van der Waals surface area (Å²) in [7, 11) is 0. The summed E-state index contributed by atoms with van der Waals surface area (Å²) in [6.07, 6.45) is 12.5. The van der Waals surface area contributed by atoms with Crippen molar-refractivity contribution >= 4 is 5.57 Å². The monoisotopic (exact) mass is 522 g/mol. The molecule has 200 valence electrons. The van der Waals surface area contributed by atoms with Gasteiger partial charge in [0.1, 0.15) is 0 Å². The van der Waals surface area contributed by atoms with Gasteiger partial charge in [-0.05, 0) is 67.4 Å². The molecule has 1 atom stereocenters. The van der Waals surface area contributed by atoms with Crippen LogP contribution in [0.25, 0.3) is 27.8 Å². The minimum atomic E-state index is -1.03. The second-order valence-corrected chi connectivity index (χ2v) is 9.80. The fourth-order valence-electron chi connectivity index (χ4n) is 4.97. The lowest BCUT2D eigenvalue weighted by Gasteiger charge is -2.20. The molecule has 0 spiro atoms. The van der Waals surface area contributed by atoms with Crippen LogP contribution in [-0.4, -0.2) is 6.61 Å². The van der Waals surface area contributed by atoms with Crippen molar-refractivity contribution in [1.82, 2.24) is 0 Å². The van der Waals surface area contributed by atoms with Crippen molar-refractivity contribution in [1.29, 1.82) is 0 Å². The highest BCUT2D eigenvalue weighted by Crippen LogP contribution is 2.36. The van der Waals surface area contributed by atoms with Crippen molar-refractivity contribution in [2.75, 3.05) is 6.61 Å². The molecule has 0 fully saturated rings. The summed E-state index contributed by atoms with van der Waals surface area (Å²) in [5.41, 5.74) is 2.21. The zero-order valence-corrected chi connectivity index (χ0v) is 22.0. The van der Waals surface area contributed by atoms with Crippen LogP contribution in [0.3, 0.4) is 0 Å². The lowest BCUT2D eigenvalue weighted by molar-refractivity contribution is 0.285. The van der Waals surface area contributed by atoms with Gasteiger partial charge in [-0.3, -0.25) is 0 Å². The van der Waals surface area contributed by atoms with Crippen LogP contribution in [-0.2, 0) is 0 Å². The Morgan fingerprint density at radius 2 is 1.37 bits per heavy atom. The predicted molar refractivity (Wildman–Crippen MR) is 147 cm³/mol. The van der Waals surface area contributed by atoms with Gasteiger partial charge in [0.2, 0.25) is 5.82 Å². The smallest absolute Gasteiger partial charge is 0.201 e. The van der Waals surface area contributed by atoms with E-state index in [1.165, 1.54) is 12.1 Å². The molecule has 0 heterocycles. The van der Waals surface area contributed by atoms with Crippen LogP contribution in [0, 0.1) is 29.2 Å². The second-order valence-electron chi connectivity index (χ2n) is 9.80. The summed E-state index contributed by atoms with van der Waals surface area (Å²) in [4.78, 5) is 0. The van der Waals surface area contributed by atoms with Gasteiger partial charge in [0.15, 0.2) is 23.2 Å². The van der Waals surface area contributed by atoms with E-state index in [-0.39, 0.29) is 16.9 Å². The maximum absolute atomic E-state index is 15.1. The highest BCUT2D eigenvalue weighted by atomic mass is 19.2. The molecule has 0 radical (unpaired) electrons. The van der Waals surface area contributed by atoms with Gasteiger partial charge in [-0.1, -0.05) is 80.8 Å². The van der Waals surface area contributed by atoms with Crippen LogP contribution in [0.4, 0.5) is 17.6 Å². The van der Waals surface area contributed by atoms with E-state index in [0.717, 1.165) is 44.1 Å². The van der Waals surface area contributed by atoms with E-state index in [1.54, 1.807) is 36.4 Å². The predicted octanol–water partition coefficient (Wildman–Crippen LogP) is 10.3. The molecule has 0 saturated carbocycles. The van der Waals surface area contributed by atoms with Crippen molar-refractivity contribution in [3.8, 4) is 28.0 Å². The van der Waals surface area contributed by atoms with E-state index in [1.807, 2.05) is 19.1 Å². The Bertz CT molecular complexity index is 1310. The second kappa shape index (κ2) is 12.9. The zero-order chi connectivity index (χ0) is 27.1. The molecule has 4 rings (SSSR count). The summed E-state index contributed by atoms with van der Waals surface area (Å²) < 4.78 is 65.1. The Balaban J connectivity index is 1.51. The quantitative estimate of drug-likeness (QED) is 0.146. The van der Waals surface area contributed by atoms with Gasteiger partial charge in [0.25, 0.3) is 0 Å². The molecule has 0 aliphatic heterocycles. The molecule has 0 N–H and O–H groups in total. The maximum atomic E-state index is 15.1. The molecule has 3 aromatic carbocycles. The summed E-state index contributed by atoms with van der Waals surface area (Å²) in [6.45, 7) is 4.41. The van der Waals surface area contributed by atoms with Crippen molar-refractivity contribution in [3.05, 3.63) is 95.6 Å². The molecule has 1 unspecified atom stereocenters. The van der Waals surface area contributed by atoms with Gasteiger partial charge < -0.3 is 4.74 Å². The molecule has 1 aliphatic carbocycles. The van der Waals surface area contributed by atoms with E-state index >= 15 is 8.78 Å². The number of hydrogen-bond donors (Lipinski definition) is 0. The highest BCUT2D eigenvalue weighted by Gasteiger charge is 2.21.